The minimum Gasteiger partial charge on any atom is -0.389 e. The highest BCUT2D eigenvalue weighted by Gasteiger charge is 1.87. The van der Waals surface area contributed by atoms with Gasteiger partial charge in [-0.2, -0.15) is 0 Å². The van der Waals surface area contributed by atoms with Crippen molar-refractivity contribution in [3.63, 3.8) is 0 Å². The van der Waals surface area contributed by atoms with Crippen LogP contribution in [-0.4, -0.2) is 51.2 Å². The van der Waals surface area contributed by atoms with Crippen molar-refractivity contribution in [2.45, 2.75) is 20.3 Å². The summed E-state index contributed by atoms with van der Waals surface area (Å²) in [5.74, 6) is -0.00755. The van der Waals surface area contributed by atoms with E-state index in [0.29, 0.717) is 13.0 Å². The van der Waals surface area contributed by atoms with Gasteiger partial charge in [0.25, 0.3) is 0 Å². The molecule has 0 rings (SSSR count). The lowest BCUT2D eigenvalue weighted by molar-refractivity contribution is -0.119. The Kier molecular flexibility index (Phi) is 36.9. The zero-order valence-electron chi connectivity index (χ0n) is 10.6. The van der Waals surface area contributed by atoms with Crippen molar-refractivity contribution >= 4 is 24.0 Å². The van der Waals surface area contributed by atoms with Gasteiger partial charge in [-0.05, 0) is 13.8 Å². The number of ketones is 2. The Balaban J connectivity index is -0.0000000710. The number of hydrogen-bond acceptors (Lipinski definition) is 5. The van der Waals surface area contributed by atoms with Gasteiger partial charge in [0.05, 0.1) is 6.61 Å². The average molecular weight is 259 g/mol. The Morgan fingerprint density at radius 1 is 1.06 bits per heavy atom. The fourth-order valence-corrected chi connectivity index (χ4v) is 0.246. The maximum Gasteiger partial charge on any atom is 0.155 e. The summed E-state index contributed by atoms with van der Waals surface area (Å²) in [5, 5.41) is 7.79. The van der Waals surface area contributed by atoms with E-state index in [1.54, 1.807) is 28.3 Å². The summed E-state index contributed by atoms with van der Waals surface area (Å²) in [6, 6.07) is 0. The molecule has 1 N–H and O–H groups in total. The first kappa shape index (κ1) is 24.6. The van der Waals surface area contributed by atoms with Crippen LogP contribution >= 0.6 is 12.4 Å². The van der Waals surface area contributed by atoms with Gasteiger partial charge in [0.15, 0.2) is 5.78 Å². The highest BCUT2D eigenvalue weighted by Crippen LogP contribution is 1.79. The summed E-state index contributed by atoms with van der Waals surface area (Å²) in [6.45, 7) is 3.11. The molecule has 0 aliphatic heterocycles. The van der Waals surface area contributed by atoms with E-state index in [4.69, 9.17) is 5.11 Å². The lowest BCUT2D eigenvalue weighted by Crippen LogP contribution is -1.95. The SMILES string of the molecule is CC(=O)CO.COC.COCCC(C)=O.Cl. The molecule has 0 bridgehead atoms. The van der Waals surface area contributed by atoms with Crippen molar-refractivity contribution in [1.82, 2.24) is 0 Å². The van der Waals surface area contributed by atoms with Crippen LogP contribution < -0.4 is 0 Å². The molecule has 0 fully saturated rings. The van der Waals surface area contributed by atoms with Gasteiger partial charge in [0, 0.05) is 27.8 Å². The zero-order chi connectivity index (χ0) is 12.7. The smallest absolute Gasteiger partial charge is 0.155 e. The largest absolute Gasteiger partial charge is 0.389 e. The molecule has 0 radical (unpaired) electrons. The fourth-order valence-electron chi connectivity index (χ4n) is 0.246. The number of rotatable bonds is 4. The Morgan fingerprint density at radius 2 is 1.38 bits per heavy atom. The molecule has 6 heteroatoms. The Hall–Kier alpha value is -0.490. The first-order valence-corrected chi connectivity index (χ1v) is 4.45. The molecule has 0 aliphatic carbocycles. The number of aliphatic hydroxyl groups excluding tert-OH is 1. The molecule has 100 valence electrons. The molecule has 0 aromatic heterocycles. The maximum absolute atomic E-state index is 10.1. The molecule has 0 saturated carbocycles. The number of aliphatic hydroxyl groups is 1. The second-order valence-corrected chi connectivity index (χ2v) is 2.71. The predicted octanol–water partition coefficient (Wildman–Crippen LogP) is 0.864. The van der Waals surface area contributed by atoms with Crippen molar-refractivity contribution in [2.75, 3.05) is 34.5 Å². The van der Waals surface area contributed by atoms with Crippen molar-refractivity contribution in [1.29, 1.82) is 0 Å². The lowest BCUT2D eigenvalue weighted by Gasteiger charge is -1.89. The van der Waals surface area contributed by atoms with Crippen LogP contribution in [0.3, 0.4) is 0 Å². The number of Topliss-reactive ketones (excluding diaryl/α,β-unsaturated/α-hetero) is 2. The Morgan fingerprint density at radius 3 is 1.44 bits per heavy atom. The van der Waals surface area contributed by atoms with Crippen molar-refractivity contribution < 1.29 is 24.2 Å². The van der Waals surface area contributed by atoms with Gasteiger partial charge in [-0.3, -0.25) is 9.59 Å². The molecule has 16 heavy (non-hydrogen) atoms. The first-order chi connectivity index (χ1) is 6.95. The molecule has 0 amide bonds. The van der Waals surface area contributed by atoms with E-state index in [1.165, 1.54) is 6.92 Å². The molecule has 0 unspecified atom stereocenters. The topological polar surface area (TPSA) is 72.8 Å². The highest BCUT2D eigenvalue weighted by atomic mass is 35.5. The van der Waals surface area contributed by atoms with Crippen LogP contribution in [0.25, 0.3) is 0 Å². The number of carbonyl (C=O) groups is 2. The molecular weight excluding hydrogens is 236 g/mol. The Bertz CT molecular complexity index is 150. The van der Waals surface area contributed by atoms with Gasteiger partial charge < -0.3 is 14.6 Å². The van der Waals surface area contributed by atoms with E-state index in [2.05, 4.69) is 9.47 Å². The van der Waals surface area contributed by atoms with Gasteiger partial charge in [-0.1, -0.05) is 0 Å². The molecule has 0 saturated heterocycles. The standard InChI is InChI=1S/C5H10O2.C3H6O2.C2H6O.ClH/c1-5(6)3-4-7-2;1-3(5)2-4;1-3-2;/h3-4H2,1-2H3;4H,2H2,1H3;1-2H3;1H. The number of carbonyl (C=O) groups excluding carboxylic acids is 2. The van der Waals surface area contributed by atoms with Gasteiger partial charge in [0.1, 0.15) is 12.4 Å². The average Bonchev–Trinajstić information content (AvgIpc) is 2.16. The van der Waals surface area contributed by atoms with Gasteiger partial charge in [0.2, 0.25) is 0 Å². The van der Waals surface area contributed by atoms with Crippen LogP contribution in [0.15, 0.2) is 0 Å². The Labute approximate surface area is 104 Å². The number of hydrogen-bond donors (Lipinski definition) is 1. The van der Waals surface area contributed by atoms with Crippen LogP contribution in [0.5, 0.6) is 0 Å². The van der Waals surface area contributed by atoms with Crippen LogP contribution in [-0.2, 0) is 19.1 Å². The quantitative estimate of drug-likeness (QED) is 0.810. The van der Waals surface area contributed by atoms with Gasteiger partial charge in [-0.25, -0.2) is 0 Å². The minimum atomic E-state index is -0.333. The molecular formula is C10H23ClO5. The zero-order valence-corrected chi connectivity index (χ0v) is 11.4. The van der Waals surface area contributed by atoms with E-state index in [9.17, 15) is 9.59 Å². The molecule has 0 atom stereocenters. The fraction of sp³-hybridized carbons (Fsp3) is 0.800. The summed E-state index contributed by atoms with van der Waals surface area (Å²) in [4.78, 5) is 19.7. The van der Waals surface area contributed by atoms with Crippen molar-refractivity contribution in [3.8, 4) is 0 Å². The van der Waals surface area contributed by atoms with Crippen LogP contribution in [0, 0.1) is 0 Å². The number of halogens is 1. The highest BCUT2D eigenvalue weighted by molar-refractivity contribution is 5.85. The summed E-state index contributed by atoms with van der Waals surface area (Å²) < 4.78 is 8.88. The molecule has 0 aliphatic rings. The summed E-state index contributed by atoms with van der Waals surface area (Å²) in [5.41, 5.74) is 0. The molecule has 0 heterocycles. The first-order valence-electron chi connectivity index (χ1n) is 4.45. The van der Waals surface area contributed by atoms with E-state index in [1.807, 2.05) is 0 Å². The second kappa shape index (κ2) is 24.0. The third-order valence-corrected chi connectivity index (χ3v) is 0.881. The van der Waals surface area contributed by atoms with Crippen molar-refractivity contribution in [3.05, 3.63) is 0 Å². The third-order valence-electron chi connectivity index (χ3n) is 0.881. The van der Waals surface area contributed by atoms with Gasteiger partial charge in [-0.15, -0.1) is 12.4 Å². The summed E-state index contributed by atoms with van der Waals surface area (Å²) in [6.07, 6.45) is 0.538. The number of ether oxygens (including phenoxy) is 2. The molecule has 5 nitrogen and oxygen atoms in total. The number of methoxy groups -OCH3 is 2. The normalized spacial score (nSPS) is 7.38. The summed E-state index contributed by atoms with van der Waals surface area (Å²) >= 11 is 0. The third kappa shape index (κ3) is 69.6. The van der Waals surface area contributed by atoms with Crippen LogP contribution in [0.1, 0.15) is 20.3 Å². The minimum absolute atomic E-state index is 0. The molecule has 0 spiro atoms. The van der Waals surface area contributed by atoms with E-state index >= 15 is 0 Å². The molecule has 0 aromatic rings. The lowest BCUT2D eigenvalue weighted by atomic mass is 10.3. The van der Waals surface area contributed by atoms with Crippen LogP contribution in [0.2, 0.25) is 0 Å². The summed E-state index contributed by atoms with van der Waals surface area (Å²) in [7, 11) is 4.84. The van der Waals surface area contributed by atoms with E-state index in [-0.39, 0.29) is 30.6 Å². The van der Waals surface area contributed by atoms with Crippen molar-refractivity contribution in [2.24, 2.45) is 0 Å². The van der Waals surface area contributed by atoms with Gasteiger partial charge >= 0.3 is 0 Å². The van der Waals surface area contributed by atoms with Crippen LogP contribution in [0.4, 0.5) is 0 Å². The maximum atomic E-state index is 10.1. The molecule has 0 aromatic carbocycles. The predicted molar refractivity (Wildman–Crippen MR) is 65.1 cm³/mol. The van der Waals surface area contributed by atoms with E-state index in [0.717, 1.165) is 0 Å². The monoisotopic (exact) mass is 258 g/mol. The van der Waals surface area contributed by atoms with E-state index < -0.39 is 0 Å². The second-order valence-electron chi connectivity index (χ2n) is 2.71.